The molecule has 0 fully saturated rings. The van der Waals surface area contributed by atoms with E-state index in [1.165, 1.54) is 6.07 Å². The molecular weight excluding hydrogens is 259 g/mol. The lowest BCUT2D eigenvalue weighted by Gasteiger charge is -2.10. The molecule has 0 saturated carbocycles. The highest BCUT2D eigenvalue weighted by Crippen LogP contribution is 2.28. The van der Waals surface area contributed by atoms with Crippen molar-refractivity contribution >= 4 is 11.7 Å². The first-order valence-electron chi connectivity index (χ1n) is 5.83. The number of pyridine rings is 1. The Morgan fingerprint density at radius 2 is 2.05 bits per heavy atom. The lowest BCUT2D eigenvalue weighted by Crippen LogP contribution is -2.32. The monoisotopic (exact) mass is 275 g/mol. The maximum Gasteiger partial charge on any atom is 0.417 e. The number of alkyl halides is 3. The molecular formula is C12H16F3N3O. The first-order valence-corrected chi connectivity index (χ1v) is 5.83. The van der Waals surface area contributed by atoms with E-state index in [1.807, 2.05) is 13.8 Å². The highest BCUT2D eigenvalue weighted by molar-refractivity contribution is 5.80. The van der Waals surface area contributed by atoms with Crippen LogP contribution in [0.2, 0.25) is 0 Å². The minimum atomic E-state index is -4.40. The third kappa shape index (κ3) is 5.58. The molecule has 19 heavy (non-hydrogen) atoms. The van der Waals surface area contributed by atoms with Crippen molar-refractivity contribution in [3.05, 3.63) is 23.9 Å². The molecule has 0 aliphatic rings. The van der Waals surface area contributed by atoms with Crippen molar-refractivity contribution in [2.24, 2.45) is 5.92 Å². The van der Waals surface area contributed by atoms with Gasteiger partial charge in [-0.3, -0.25) is 4.79 Å². The zero-order valence-electron chi connectivity index (χ0n) is 10.7. The minimum Gasteiger partial charge on any atom is -0.361 e. The van der Waals surface area contributed by atoms with Gasteiger partial charge in [-0.2, -0.15) is 13.2 Å². The Labute approximate surface area is 109 Å². The van der Waals surface area contributed by atoms with Crippen molar-refractivity contribution in [2.75, 3.05) is 18.4 Å². The van der Waals surface area contributed by atoms with Gasteiger partial charge < -0.3 is 10.6 Å². The summed E-state index contributed by atoms with van der Waals surface area (Å²) in [7, 11) is 0. The number of nitrogens with one attached hydrogen (secondary N) is 2. The van der Waals surface area contributed by atoms with Gasteiger partial charge in [-0.25, -0.2) is 4.98 Å². The average Bonchev–Trinajstić information content (AvgIpc) is 2.33. The highest BCUT2D eigenvalue weighted by atomic mass is 19.4. The first kappa shape index (κ1) is 15.3. The predicted octanol–water partition coefficient (Wildman–Crippen LogP) is 2.28. The number of rotatable bonds is 5. The second kappa shape index (κ2) is 6.40. The van der Waals surface area contributed by atoms with E-state index >= 15 is 0 Å². The molecule has 4 nitrogen and oxygen atoms in total. The second-order valence-electron chi connectivity index (χ2n) is 4.48. The van der Waals surface area contributed by atoms with E-state index < -0.39 is 11.7 Å². The molecule has 0 atom stereocenters. The lowest BCUT2D eigenvalue weighted by atomic mass is 10.2. The molecule has 1 aromatic rings. The van der Waals surface area contributed by atoms with Crippen molar-refractivity contribution in [2.45, 2.75) is 20.0 Å². The normalized spacial score (nSPS) is 11.5. The molecule has 1 amide bonds. The number of carbonyl (C=O) groups is 1. The highest BCUT2D eigenvalue weighted by Gasteiger charge is 2.30. The smallest absolute Gasteiger partial charge is 0.361 e. The van der Waals surface area contributed by atoms with Crippen molar-refractivity contribution in [1.29, 1.82) is 0 Å². The average molecular weight is 275 g/mol. The molecule has 0 aliphatic heterocycles. The summed E-state index contributed by atoms with van der Waals surface area (Å²) in [4.78, 5) is 15.0. The zero-order chi connectivity index (χ0) is 14.5. The number of hydrogen-bond acceptors (Lipinski definition) is 3. The summed E-state index contributed by atoms with van der Waals surface area (Å²) in [6.45, 7) is 4.46. The molecule has 1 rings (SSSR count). The van der Waals surface area contributed by atoms with E-state index in [4.69, 9.17) is 0 Å². The van der Waals surface area contributed by atoms with Crippen LogP contribution in [0, 0.1) is 5.92 Å². The number of nitrogens with zero attached hydrogens (tertiary/aromatic N) is 1. The van der Waals surface area contributed by atoms with Gasteiger partial charge in [-0.15, -0.1) is 0 Å². The van der Waals surface area contributed by atoms with Gasteiger partial charge in [0, 0.05) is 12.7 Å². The Bertz CT molecular complexity index is 415. The van der Waals surface area contributed by atoms with E-state index in [2.05, 4.69) is 15.6 Å². The van der Waals surface area contributed by atoms with Crippen LogP contribution >= 0.6 is 0 Å². The Hall–Kier alpha value is -1.79. The van der Waals surface area contributed by atoms with Crippen LogP contribution in [0.4, 0.5) is 19.0 Å². The molecule has 0 spiro atoms. The molecule has 0 unspecified atom stereocenters. The van der Waals surface area contributed by atoms with Crippen molar-refractivity contribution < 1.29 is 18.0 Å². The first-order chi connectivity index (χ1) is 8.79. The number of aromatic nitrogens is 1. The summed E-state index contributed by atoms with van der Waals surface area (Å²) in [6.07, 6.45) is -3.67. The molecule has 0 saturated heterocycles. The van der Waals surface area contributed by atoms with Gasteiger partial charge in [0.1, 0.15) is 5.82 Å². The summed E-state index contributed by atoms with van der Waals surface area (Å²) in [5, 5.41) is 5.34. The van der Waals surface area contributed by atoms with Gasteiger partial charge in [0.05, 0.1) is 12.1 Å². The van der Waals surface area contributed by atoms with Crippen molar-refractivity contribution in [1.82, 2.24) is 10.3 Å². The van der Waals surface area contributed by atoms with E-state index in [0.717, 1.165) is 12.3 Å². The van der Waals surface area contributed by atoms with Crippen LogP contribution in [-0.4, -0.2) is 24.0 Å². The second-order valence-corrected chi connectivity index (χ2v) is 4.48. The fourth-order valence-electron chi connectivity index (χ4n) is 1.22. The van der Waals surface area contributed by atoms with Gasteiger partial charge >= 0.3 is 6.18 Å². The lowest BCUT2D eigenvalue weighted by molar-refractivity contribution is -0.137. The summed E-state index contributed by atoms with van der Waals surface area (Å²) in [6, 6.07) is 2.11. The van der Waals surface area contributed by atoms with Crippen LogP contribution in [0.1, 0.15) is 19.4 Å². The minimum absolute atomic E-state index is 0.0227. The van der Waals surface area contributed by atoms with Gasteiger partial charge in [-0.1, -0.05) is 13.8 Å². The zero-order valence-corrected chi connectivity index (χ0v) is 10.7. The van der Waals surface area contributed by atoms with E-state index in [0.29, 0.717) is 12.5 Å². The predicted molar refractivity (Wildman–Crippen MR) is 65.6 cm³/mol. The van der Waals surface area contributed by atoms with Crippen LogP contribution in [0.25, 0.3) is 0 Å². The largest absolute Gasteiger partial charge is 0.417 e. The Morgan fingerprint density at radius 1 is 1.37 bits per heavy atom. The van der Waals surface area contributed by atoms with Gasteiger partial charge in [0.2, 0.25) is 5.91 Å². The van der Waals surface area contributed by atoms with Gasteiger partial charge in [0.15, 0.2) is 0 Å². The van der Waals surface area contributed by atoms with Crippen LogP contribution in [0.5, 0.6) is 0 Å². The van der Waals surface area contributed by atoms with Crippen molar-refractivity contribution in [3.8, 4) is 0 Å². The third-order valence-electron chi connectivity index (χ3n) is 2.23. The molecule has 7 heteroatoms. The van der Waals surface area contributed by atoms with E-state index in [1.54, 1.807) is 0 Å². The molecule has 106 valence electrons. The molecule has 1 heterocycles. The number of carbonyl (C=O) groups excluding carboxylic acids is 1. The maximum atomic E-state index is 12.3. The molecule has 0 aromatic carbocycles. The number of hydrogen-bond donors (Lipinski definition) is 2. The maximum absolute atomic E-state index is 12.3. The summed E-state index contributed by atoms with van der Waals surface area (Å²) >= 11 is 0. The number of amides is 1. The summed E-state index contributed by atoms with van der Waals surface area (Å²) in [5.41, 5.74) is -0.817. The molecule has 0 radical (unpaired) electrons. The summed E-state index contributed by atoms with van der Waals surface area (Å²) in [5.74, 6) is 0.344. The SMILES string of the molecule is CC(C)CNC(=O)CNc1ccc(C(F)(F)F)cn1. The Morgan fingerprint density at radius 3 is 2.53 bits per heavy atom. The van der Waals surface area contributed by atoms with Gasteiger partial charge in [-0.05, 0) is 18.1 Å². The van der Waals surface area contributed by atoms with Crippen LogP contribution in [-0.2, 0) is 11.0 Å². The van der Waals surface area contributed by atoms with E-state index in [-0.39, 0.29) is 18.3 Å². The fraction of sp³-hybridized carbons (Fsp3) is 0.500. The quantitative estimate of drug-likeness (QED) is 0.867. The van der Waals surface area contributed by atoms with Gasteiger partial charge in [0.25, 0.3) is 0 Å². The number of halogens is 3. The molecule has 0 aliphatic carbocycles. The molecule has 0 bridgehead atoms. The Balaban J connectivity index is 2.44. The standard InChI is InChI=1S/C12H16F3N3O/c1-8(2)5-18-11(19)7-17-10-4-3-9(6-16-10)12(13,14)15/h3-4,6,8H,5,7H2,1-2H3,(H,16,17)(H,18,19). The molecule has 2 N–H and O–H groups in total. The summed E-state index contributed by atoms with van der Waals surface area (Å²) < 4.78 is 36.9. The Kier molecular flexibility index (Phi) is 5.14. The van der Waals surface area contributed by atoms with Crippen LogP contribution in [0.3, 0.4) is 0 Å². The van der Waals surface area contributed by atoms with Crippen LogP contribution in [0.15, 0.2) is 18.3 Å². The van der Waals surface area contributed by atoms with E-state index in [9.17, 15) is 18.0 Å². The van der Waals surface area contributed by atoms with Crippen molar-refractivity contribution in [3.63, 3.8) is 0 Å². The van der Waals surface area contributed by atoms with Crippen LogP contribution < -0.4 is 10.6 Å². The topological polar surface area (TPSA) is 54.0 Å². The third-order valence-corrected chi connectivity index (χ3v) is 2.23. The fourth-order valence-corrected chi connectivity index (χ4v) is 1.22. The molecule has 1 aromatic heterocycles. The number of anilines is 1.